The van der Waals surface area contributed by atoms with Gasteiger partial charge in [0.05, 0.1) is 14.2 Å². The van der Waals surface area contributed by atoms with E-state index >= 15 is 0 Å². The van der Waals surface area contributed by atoms with E-state index in [1.165, 1.54) is 37.7 Å². The Balaban J connectivity index is 2.46. The molecule has 1 unspecified atom stereocenters. The van der Waals surface area contributed by atoms with Crippen LogP contribution in [0.15, 0.2) is 18.2 Å². The van der Waals surface area contributed by atoms with Crippen LogP contribution in [0.3, 0.4) is 0 Å². The van der Waals surface area contributed by atoms with E-state index in [4.69, 9.17) is 9.47 Å². The highest BCUT2D eigenvalue weighted by Gasteiger charge is 2.20. The Labute approximate surface area is 121 Å². The normalized spacial score (nSPS) is 12.3. The van der Waals surface area contributed by atoms with Gasteiger partial charge in [-0.25, -0.2) is 4.39 Å². The Morgan fingerprint density at radius 3 is 2.20 bits per heavy atom. The van der Waals surface area contributed by atoms with Crippen molar-refractivity contribution in [2.45, 2.75) is 20.0 Å². The van der Waals surface area contributed by atoms with Crippen molar-refractivity contribution in [2.24, 2.45) is 0 Å². The van der Waals surface area contributed by atoms with E-state index in [1.807, 2.05) is 19.9 Å². The van der Waals surface area contributed by atoms with Gasteiger partial charge in [0.1, 0.15) is 11.9 Å². The first-order valence-electron chi connectivity index (χ1n) is 6.14. The van der Waals surface area contributed by atoms with Gasteiger partial charge < -0.3 is 14.6 Å². The molecule has 0 radical (unpaired) electrons. The number of methoxy groups -OCH3 is 2. The molecule has 0 fully saturated rings. The highest BCUT2D eigenvalue weighted by atomic mass is 32.1. The van der Waals surface area contributed by atoms with E-state index in [1.54, 1.807) is 0 Å². The van der Waals surface area contributed by atoms with Crippen molar-refractivity contribution in [3.05, 3.63) is 44.9 Å². The zero-order chi connectivity index (χ0) is 14.9. The summed E-state index contributed by atoms with van der Waals surface area (Å²) in [6.07, 6.45) is -1.01. The van der Waals surface area contributed by atoms with Gasteiger partial charge >= 0.3 is 0 Å². The summed E-state index contributed by atoms with van der Waals surface area (Å²) in [5.41, 5.74) is 1.27. The fourth-order valence-corrected chi connectivity index (χ4v) is 3.02. The Morgan fingerprint density at radius 1 is 1.10 bits per heavy atom. The van der Waals surface area contributed by atoms with Gasteiger partial charge in [-0.1, -0.05) is 0 Å². The van der Waals surface area contributed by atoms with Gasteiger partial charge in [0.25, 0.3) is 0 Å². The molecule has 2 rings (SSSR count). The number of ether oxygens (including phenoxy) is 2. The molecule has 3 nitrogen and oxygen atoms in total. The smallest absolute Gasteiger partial charge is 0.163 e. The molecule has 0 amide bonds. The topological polar surface area (TPSA) is 38.7 Å². The minimum Gasteiger partial charge on any atom is -0.493 e. The molecule has 1 aromatic heterocycles. The van der Waals surface area contributed by atoms with Gasteiger partial charge in [-0.15, -0.1) is 11.3 Å². The van der Waals surface area contributed by atoms with Gasteiger partial charge in [0, 0.05) is 21.4 Å². The summed E-state index contributed by atoms with van der Waals surface area (Å²) in [4.78, 5) is 1.83. The van der Waals surface area contributed by atoms with Crippen molar-refractivity contribution >= 4 is 11.3 Å². The average Bonchev–Trinajstić information content (AvgIpc) is 2.77. The maximum Gasteiger partial charge on any atom is 0.163 e. The number of aliphatic hydroxyl groups excluding tert-OH is 1. The molecule has 0 aliphatic heterocycles. The van der Waals surface area contributed by atoms with E-state index in [9.17, 15) is 9.50 Å². The summed E-state index contributed by atoms with van der Waals surface area (Å²) in [5.74, 6) is 0.186. The zero-order valence-electron chi connectivity index (χ0n) is 11.9. The predicted molar refractivity (Wildman–Crippen MR) is 77.4 cm³/mol. The second-order valence-corrected chi connectivity index (χ2v) is 5.81. The summed E-state index contributed by atoms with van der Waals surface area (Å²) in [5, 5.41) is 10.4. The lowest BCUT2D eigenvalue weighted by molar-refractivity contribution is 0.217. The van der Waals surface area contributed by atoms with Crippen molar-refractivity contribution in [3.63, 3.8) is 0 Å². The minimum absolute atomic E-state index is 0.184. The van der Waals surface area contributed by atoms with Gasteiger partial charge in [-0.05, 0) is 31.5 Å². The van der Waals surface area contributed by atoms with Crippen molar-refractivity contribution in [2.75, 3.05) is 14.2 Å². The molecule has 108 valence electrons. The number of hydrogen-bond donors (Lipinski definition) is 1. The Hall–Kier alpha value is -1.59. The SMILES string of the molecule is COc1cc(F)c(C(O)c2cc(C)c(C)s2)cc1OC. The lowest BCUT2D eigenvalue weighted by Gasteiger charge is -2.14. The first kappa shape index (κ1) is 14.8. The number of rotatable bonds is 4. The summed E-state index contributed by atoms with van der Waals surface area (Å²) < 4.78 is 24.3. The fourth-order valence-electron chi connectivity index (χ4n) is 1.97. The zero-order valence-corrected chi connectivity index (χ0v) is 12.7. The van der Waals surface area contributed by atoms with Crippen LogP contribution < -0.4 is 9.47 Å². The quantitative estimate of drug-likeness (QED) is 0.937. The van der Waals surface area contributed by atoms with Crippen LogP contribution in [-0.4, -0.2) is 19.3 Å². The molecule has 0 spiro atoms. The molecule has 0 bridgehead atoms. The average molecular weight is 296 g/mol. The number of thiophene rings is 1. The molecule has 0 aliphatic carbocycles. The molecule has 2 aromatic rings. The largest absolute Gasteiger partial charge is 0.493 e. The van der Waals surface area contributed by atoms with E-state index in [2.05, 4.69) is 0 Å². The van der Waals surface area contributed by atoms with Gasteiger partial charge in [-0.3, -0.25) is 0 Å². The molecular weight excluding hydrogens is 279 g/mol. The first-order valence-corrected chi connectivity index (χ1v) is 6.96. The van der Waals surface area contributed by atoms with Crippen LogP contribution in [0.1, 0.15) is 27.0 Å². The number of aryl methyl sites for hydroxylation is 2. The molecule has 0 saturated carbocycles. The van der Waals surface area contributed by atoms with Crippen molar-refractivity contribution in [1.29, 1.82) is 0 Å². The molecule has 0 aliphatic rings. The van der Waals surface area contributed by atoms with E-state index in [0.29, 0.717) is 16.4 Å². The number of benzene rings is 1. The summed E-state index contributed by atoms with van der Waals surface area (Å²) >= 11 is 1.46. The minimum atomic E-state index is -1.01. The molecule has 5 heteroatoms. The molecule has 1 atom stereocenters. The third-order valence-electron chi connectivity index (χ3n) is 3.25. The maximum absolute atomic E-state index is 14.1. The highest BCUT2D eigenvalue weighted by Crippen LogP contribution is 2.37. The molecule has 1 aromatic carbocycles. The van der Waals surface area contributed by atoms with Crippen molar-refractivity contribution in [3.8, 4) is 11.5 Å². The van der Waals surface area contributed by atoms with Gasteiger partial charge in [0.2, 0.25) is 0 Å². The van der Waals surface area contributed by atoms with Crippen molar-refractivity contribution in [1.82, 2.24) is 0 Å². The predicted octanol–water partition coefficient (Wildman–Crippen LogP) is 3.60. The number of aliphatic hydroxyl groups is 1. The molecule has 20 heavy (non-hydrogen) atoms. The summed E-state index contributed by atoms with van der Waals surface area (Å²) in [7, 11) is 2.92. The molecule has 0 saturated heterocycles. The number of halogens is 1. The third kappa shape index (κ3) is 2.64. The van der Waals surface area contributed by atoms with Crippen LogP contribution in [0.5, 0.6) is 11.5 Å². The Kier molecular flexibility index (Phi) is 4.30. The lowest BCUT2D eigenvalue weighted by atomic mass is 10.1. The standard InChI is InChI=1S/C15H17FO3S/c1-8-5-14(20-9(8)2)15(17)10-6-12(18-3)13(19-4)7-11(10)16/h5-7,15,17H,1-4H3. The van der Waals surface area contributed by atoms with Crippen LogP contribution in [0, 0.1) is 19.7 Å². The molecular formula is C15H17FO3S. The maximum atomic E-state index is 14.1. The van der Waals surface area contributed by atoms with Crippen LogP contribution in [0.25, 0.3) is 0 Å². The van der Waals surface area contributed by atoms with Crippen LogP contribution in [0.4, 0.5) is 4.39 Å². The molecule has 1 heterocycles. The highest BCUT2D eigenvalue weighted by molar-refractivity contribution is 7.12. The second-order valence-electron chi connectivity index (χ2n) is 4.52. The third-order valence-corrected chi connectivity index (χ3v) is 4.46. The monoisotopic (exact) mass is 296 g/mol. The summed E-state index contributed by atoms with van der Waals surface area (Å²) in [6.45, 7) is 3.94. The summed E-state index contributed by atoms with van der Waals surface area (Å²) in [6, 6.07) is 4.58. The number of hydrogen-bond acceptors (Lipinski definition) is 4. The van der Waals surface area contributed by atoms with Gasteiger partial charge in [-0.2, -0.15) is 0 Å². The molecule has 1 N–H and O–H groups in total. The van der Waals surface area contributed by atoms with E-state index in [0.717, 1.165) is 10.4 Å². The van der Waals surface area contributed by atoms with Crippen molar-refractivity contribution < 1.29 is 19.0 Å². The second kappa shape index (κ2) is 5.81. The lowest BCUT2D eigenvalue weighted by Crippen LogP contribution is -2.03. The van der Waals surface area contributed by atoms with Crippen LogP contribution in [0.2, 0.25) is 0 Å². The Morgan fingerprint density at radius 2 is 1.70 bits per heavy atom. The van der Waals surface area contributed by atoms with Crippen LogP contribution >= 0.6 is 11.3 Å². The Bertz CT molecular complexity index is 602. The van der Waals surface area contributed by atoms with Gasteiger partial charge in [0.15, 0.2) is 11.5 Å². The fraction of sp³-hybridized carbons (Fsp3) is 0.333. The first-order chi connectivity index (χ1) is 9.47. The van der Waals surface area contributed by atoms with E-state index < -0.39 is 11.9 Å². The van der Waals surface area contributed by atoms with E-state index in [-0.39, 0.29) is 5.56 Å². The van der Waals surface area contributed by atoms with Crippen LogP contribution in [-0.2, 0) is 0 Å².